The first-order valence-corrected chi connectivity index (χ1v) is 8.97. The minimum atomic E-state index is 0.0957. The molecule has 0 aliphatic carbocycles. The zero-order valence-corrected chi connectivity index (χ0v) is 16.1. The molecule has 3 rings (SSSR count). The molecule has 142 valence electrons. The molecule has 0 unspecified atom stereocenters. The highest BCUT2D eigenvalue weighted by molar-refractivity contribution is 5.60. The summed E-state index contributed by atoms with van der Waals surface area (Å²) in [6.45, 7) is 9.16. The lowest BCUT2D eigenvalue weighted by Crippen LogP contribution is -2.10. The number of phenols is 1. The molecule has 2 N–H and O–H groups in total. The molecule has 0 spiro atoms. The van der Waals surface area contributed by atoms with E-state index >= 15 is 0 Å². The predicted octanol–water partition coefficient (Wildman–Crippen LogP) is 4.45. The number of ether oxygens (including phenoxy) is 2. The van der Waals surface area contributed by atoms with Crippen molar-refractivity contribution in [2.45, 2.75) is 39.7 Å². The molecule has 0 saturated heterocycles. The Hall–Kier alpha value is -3.02. The van der Waals surface area contributed by atoms with Crippen LogP contribution in [0, 0.1) is 0 Å². The maximum atomic E-state index is 9.80. The number of rotatable bonds is 6. The van der Waals surface area contributed by atoms with Gasteiger partial charge in [0.05, 0.1) is 6.61 Å². The van der Waals surface area contributed by atoms with Gasteiger partial charge in [-0.15, -0.1) is 0 Å². The Labute approximate surface area is 159 Å². The van der Waals surface area contributed by atoms with Crippen molar-refractivity contribution in [3.8, 4) is 28.6 Å². The van der Waals surface area contributed by atoms with E-state index < -0.39 is 0 Å². The summed E-state index contributed by atoms with van der Waals surface area (Å²) in [4.78, 5) is 4.45. The van der Waals surface area contributed by atoms with E-state index in [1.54, 1.807) is 18.2 Å². The standard InChI is InChI=1S/C21H25N3O3/c1-5-26-18-12-14(6-11-17(18)25)20-22-19(23-24-20)13-27-16-9-7-15(8-10-16)21(2,3)4/h6-12,25H,5,13H2,1-4H3,(H,22,23,24). The Balaban J connectivity index is 1.67. The Bertz CT molecular complexity index is 896. The maximum Gasteiger partial charge on any atom is 0.181 e. The highest BCUT2D eigenvalue weighted by Crippen LogP contribution is 2.30. The van der Waals surface area contributed by atoms with Crippen molar-refractivity contribution in [2.24, 2.45) is 0 Å². The van der Waals surface area contributed by atoms with E-state index in [0.717, 1.165) is 11.3 Å². The lowest BCUT2D eigenvalue weighted by Gasteiger charge is -2.19. The first-order valence-electron chi connectivity index (χ1n) is 8.97. The number of benzene rings is 2. The van der Waals surface area contributed by atoms with Gasteiger partial charge < -0.3 is 14.6 Å². The molecule has 1 aromatic heterocycles. The molecule has 2 aromatic carbocycles. The molecule has 1 heterocycles. The number of aromatic amines is 1. The molecule has 0 aliphatic heterocycles. The summed E-state index contributed by atoms with van der Waals surface area (Å²) in [6, 6.07) is 13.1. The highest BCUT2D eigenvalue weighted by atomic mass is 16.5. The van der Waals surface area contributed by atoms with Gasteiger partial charge in [-0.05, 0) is 48.2 Å². The average molecular weight is 367 g/mol. The maximum absolute atomic E-state index is 9.80. The topological polar surface area (TPSA) is 80.3 Å². The summed E-state index contributed by atoms with van der Waals surface area (Å²) in [5.41, 5.74) is 2.13. The van der Waals surface area contributed by atoms with Gasteiger partial charge in [-0.1, -0.05) is 32.9 Å². The molecular formula is C21H25N3O3. The van der Waals surface area contributed by atoms with Gasteiger partial charge in [0.2, 0.25) is 0 Å². The number of aromatic nitrogens is 3. The van der Waals surface area contributed by atoms with Crippen LogP contribution >= 0.6 is 0 Å². The number of nitrogens with zero attached hydrogens (tertiary/aromatic N) is 2. The number of nitrogens with one attached hydrogen (secondary N) is 1. The first kappa shape index (κ1) is 18.8. The first-order chi connectivity index (χ1) is 12.9. The van der Waals surface area contributed by atoms with Crippen molar-refractivity contribution in [1.29, 1.82) is 0 Å². The molecule has 0 bridgehead atoms. The van der Waals surface area contributed by atoms with Gasteiger partial charge in [-0.3, -0.25) is 5.10 Å². The third-order valence-corrected chi connectivity index (χ3v) is 4.15. The molecular weight excluding hydrogens is 342 g/mol. The summed E-state index contributed by atoms with van der Waals surface area (Å²) in [7, 11) is 0. The molecule has 0 saturated carbocycles. The lowest BCUT2D eigenvalue weighted by atomic mass is 9.87. The Kier molecular flexibility index (Phi) is 5.35. The van der Waals surface area contributed by atoms with E-state index in [1.165, 1.54) is 5.56 Å². The number of hydrogen-bond acceptors (Lipinski definition) is 5. The van der Waals surface area contributed by atoms with Crippen molar-refractivity contribution in [1.82, 2.24) is 15.2 Å². The molecule has 0 aliphatic rings. The van der Waals surface area contributed by atoms with Crippen LogP contribution < -0.4 is 9.47 Å². The predicted molar refractivity (Wildman–Crippen MR) is 104 cm³/mol. The lowest BCUT2D eigenvalue weighted by molar-refractivity contribution is 0.296. The monoisotopic (exact) mass is 367 g/mol. The minimum absolute atomic E-state index is 0.0957. The molecule has 3 aromatic rings. The van der Waals surface area contributed by atoms with E-state index in [0.29, 0.717) is 24.0 Å². The van der Waals surface area contributed by atoms with Gasteiger partial charge >= 0.3 is 0 Å². The minimum Gasteiger partial charge on any atom is -0.504 e. The quantitative estimate of drug-likeness (QED) is 0.673. The second-order valence-electron chi connectivity index (χ2n) is 7.28. The Morgan fingerprint density at radius 1 is 1.04 bits per heavy atom. The molecule has 6 nitrogen and oxygen atoms in total. The van der Waals surface area contributed by atoms with E-state index in [9.17, 15) is 5.11 Å². The van der Waals surface area contributed by atoms with Crippen LogP contribution in [-0.4, -0.2) is 26.9 Å². The van der Waals surface area contributed by atoms with Gasteiger partial charge in [0.1, 0.15) is 12.4 Å². The van der Waals surface area contributed by atoms with E-state index in [-0.39, 0.29) is 17.8 Å². The average Bonchev–Trinajstić information content (AvgIpc) is 3.11. The number of phenolic OH excluding ortho intramolecular Hbond substituents is 1. The van der Waals surface area contributed by atoms with E-state index in [4.69, 9.17) is 9.47 Å². The van der Waals surface area contributed by atoms with Gasteiger partial charge in [-0.25, -0.2) is 4.98 Å². The summed E-state index contributed by atoms with van der Waals surface area (Å²) in [5, 5.41) is 16.9. The van der Waals surface area contributed by atoms with E-state index in [2.05, 4.69) is 48.1 Å². The van der Waals surface area contributed by atoms with Crippen LogP contribution in [0.1, 0.15) is 39.1 Å². The van der Waals surface area contributed by atoms with Crippen molar-refractivity contribution in [3.05, 3.63) is 53.9 Å². The fourth-order valence-corrected chi connectivity index (χ4v) is 2.62. The fourth-order valence-electron chi connectivity index (χ4n) is 2.62. The van der Waals surface area contributed by atoms with Crippen molar-refractivity contribution in [2.75, 3.05) is 6.61 Å². The summed E-state index contributed by atoms with van der Waals surface area (Å²) >= 11 is 0. The van der Waals surface area contributed by atoms with Crippen molar-refractivity contribution in [3.63, 3.8) is 0 Å². The van der Waals surface area contributed by atoms with Gasteiger partial charge in [-0.2, -0.15) is 5.10 Å². The number of H-pyrrole nitrogens is 1. The summed E-state index contributed by atoms with van der Waals surface area (Å²) in [6.07, 6.45) is 0. The second kappa shape index (κ2) is 7.70. The SMILES string of the molecule is CCOc1cc(-c2n[nH]c(COc3ccc(C(C)(C)C)cc3)n2)ccc1O. The van der Waals surface area contributed by atoms with Gasteiger partial charge in [0, 0.05) is 5.56 Å². The number of hydrogen-bond donors (Lipinski definition) is 2. The third-order valence-electron chi connectivity index (χ3n) is 4.15. The van der Waals surface area contributed by atoms with Crippen LogP contribution in [0.3, 0.4) is 0 Å². The third kappa shape index (κ3) is 4.58. The van der Waals surface area contributed by atoms with Crippen LogP contribution in [0.2, 0.25) is 0 Å². The highest BCUT2D eigenvalue weighted by Gasteiger charge is 2.13. The Morgan fingerprint density at radius 3 is 2.44 bits per heavy atom. The fraction of sp³-hybridized carbons (Fsp3) is 0.333. The summed E-state index contributed by atoms with van der Waals surface area (Å²) < 4.78 is 11.2. The van der Waals surface area contributed by atoms with Crippen LogP contribution in [0.15, 0.2) is 42.5 Å². The normalized spacial score (nSPS) is 11.4. The van der Waals surface area contributed by atoms with E-state index in [1.807, 2.05) is 19.1 Å². The van der Waals surface area contributed by atoms with Crippen LogP contribution in [-0.2, 0) is 12.0 Å². The van der Waals surface area contributed by atoms with Crippen molar-refractivity contribution < 1.29 is 14.6 Å². The summed E-state index contributed by atoms with van der Waals surface area (Å²) in [5.74, 6) is 2.44. The largest absolute Gasteiger partial charge is 0.504 e. The zero-order valence-electron chi connectivity index (χ0n) is 16.1. The zero-order chi connectivity index (χ0) is 19.4. The van der Waals surface area contributed by atoms with Gasteiger partial charge in [0.15, 0.2) is 23.1 Å². The molecule has 0 radical (unpaired) electrons. The molecule has 0 amide bonds. The molecule has 0 fully saturated rings. The van der Waals surface area contributed by atoms with Crippen LogP contribution in [0.25, 0.3) is 11.4 Å². The Morgan fingerprint density at radius 2 is 1.78 bits per heavy atom. The van der Waals surface area contributed by atoms with Crippen LogP contribution in [0.5, 0.6) is 17.2 Å². The molecule has 0 atom stereocenters. The molecule has 6 heteroatoms. The smallest absolute Gasteiger partial charge is 0.181 e. The van der Waals surface area contributed by atoms with Crippen molar-refractivity contribution >= 4 is 0 Å². The van der Waals surface area contributed by atoms with Gasteiger partial charge in [0.25, 0.3) is 0 Å². The molecule has 27 heavy (non-hydrogen) atoms. The second-order valence-corrected chi connectivity index (χ2v) is 7.28. The van der Waals surface area contributed by atoms with Crippen LogP contribution in [0.4, 0.5) is 0 Å². The number of aromatic hydroxyl groups is 1.